The lowest BCUT2D eigenvalue weighted by Gasteiger charge is -2.39. The third kappa shape index (κ3) is 3.85. The van der Waals surface area contributed by atoms with Crippen molar-refractivity contribution in [3.63, 3.8) is 0 Å². The van der Waals surface area contributed by atoms with Crippen LogP contribution in [0.1, 0.15) is 36.9 Å². The molecule has 0 bridgehead atoms. The summed E-state index contributed by atoms with van der Waals surface area (Å²) >= 11 is 0. The molecule has 26 heavy (non-hydrogen) atoms. The van der Waals surface area contributed by atoms with Crippen LogP contribution in [0.15, 0.2) is 60.7 Å². The average Bonchev–Trinajstić information content (AvgIpc) is 3.50. The molecule has 0 unspecified atom stereocenters. The molecule has 2 fully saturated rings. The summed E-state index contributed by atoms with van der Waals surface area (Å²) in [5.41, 5.74) is 3.24. The molecule has 1 aliphatic carbocycles. The minimum absolute atomic E-state index is 0.349. The van der Waals surface area contributed by atoms with Gasteiger partial charge in [0.25, 0.3) is 0 Å². The second kappa shape index (κ2) is 7.91. The lowest BCUT2D eigenvalue weighted by molar-refractivity contribution is 0.00853. The zero-order valence-corrected chi connectivity index (χ0v) is 15.7. The summed E-state index contributed by atoms with van der Waals surface area (Å²) in [4.78, 5) is 2.58. The van der Waals surface area contributed by atoms with Crippen LogP contribution in [0, 0.1) is 0 Å². The third-order valence-electron chi connectivity index (χ3n) is 6.06. The van der Waals surface area contributed by atoms with E-state index in [1.54, 1.807) is 0 Å². The molecule has 2 aliphatic rings. The maximum Gasteiger partial charge on any atom is 0.0594 e. The van der Waals surface area contributed by atoms with E-state index in [4.69, 9.17) is 4.74 Å². The van der Waals surface area contributed by atoms with Crippen molar-refractivity contribution in [2.75, 3.05) is 32.8 Å². The summed E-state index contributed by atoms with van der Waals surface area (Å²) in [7, 11) is 0. The molecule has 1 heterocycles. The summed E-state index contributed by atoms with van der Waals surface area (Å²) in [6.07, 6.45) is 2.59. The Morgan fingerprint density at radius 3 is 2.19 bits per heavy atom. The molecule has 2 aromatic rings. The second-order valence-corrected chi connectivity index (χ2v) is 7.82. The molecule has 2 atom stereocenters. The summed E-state index contributed by atoms with van der Waals surface area (Å²) in [6, 6.07) is 22.8. The Morgan fingerprint density at radius 2 is 1.58 bits per heavy atom. The Hall–Kier alpha value is -1.68. The quantitative estimate of drug-likeness (QED) is 0.823. The first kappa shape index (κ1) is 17.7. The SMILES string of the molecule is C[C@H](NCC1(c2ccccc2)CC1)[C@H](c1ccccc1)N1CCOCC1. The van der Waals surface area contributed by atoms with Crippen LogP contribution in [0.3, 0.4) is 0 Å². The zero-order valence-electron chi connectivity index (χ0n) is 15.7. The van der Waals surface area contributed by atoms with E-state index in [1.807, 2.05) is 0 Å². The van der Waals surface area contributed by atoms with Crippen LogP contribution >= 0.6 is 0 Å². The zero-order chi connectivity index (χ0) is 17.8. The summed E-state index contributed by atoms with van der Waals surface area (Å²) < 4.78 is 5.59. The number of ether oxygens (including phenoxy) is 1. The van der Waals surface area contributed by atoms with Crippen molar-refractivity contribution in [3.05, 3.63) is 71.8 Å². The van der Waals surface area contributed by atoms with Gasteiger partial charge in [0.1, 0.15) is 0 Å². The normalized spacial score (nSPS) is 21.9. The third-order valence-corrected chi connectivity index (χ3v) is 6.06. The van der Waals surface area contributed by atoms with E-state index in [-0.39, 0.29) is 0 Å². The number of rotatable bonds is 7. The highest BCUT2D eigenvalue weighted by Gasteiger charge is 2.44. The number of hydrogen-bond acceptors (Lipinski definition) is 3. The molecular weight excluding hydrogens is 320 g/mol. The van der Waals surface area contributed by atoms with Gasteiger partial charge >= 0.3 is 0 Å². The van der Waals surface area contributed by atoms with E-state index in [2.05, 4.69) is 77.8 Å². The lowest BCUT2D eigenvalue weighted by atomic mass is 9.94. The van der Waals surface area contributed by atoms with Crippen LogP contribution in [0.4, 0.5) is 0 Å². The largest absolute Gasteiger partial charge is 0.379 e. The molecule has 0 aromatic heterocycles. The van der Waals surface area contributed by atoms with E-state index in [1.165, 1.54) is 24.0 Å². The van der Waals surface area contributed by atoms with E-state index < -0.39 is 0 Å². The van der Waals surface area contributed by atoms with Gasteiger partial charge in [-0.1, -0.05) is 60.7 Å². The molecule has 3 nitrogen and oxygen atoms in total. The number of nitrogens with zero attached hydrogens (tertiary/aromatic N) is 1. The van der Waals surface area contributed by atoms with Crippen molar-refractivity contribution >= 4 is 0 Å². The van der Waals surface area contributed by atoms with Crippen LogP contribution < -0.4 is 5.32 Å². The predicted molar refractivity (Wildman–Crippen MR) is 106 cm³/mol. The molecule has 1 N–H and O–H groups in total. The molecule has 138 valence electrons. The Morgan fingerprint density at radius 1 is 0.962 bits per heavy atom. The number of morpholine rings is 1. The van der Waals surface area contributed by atoms with Gasteiger partial charge in [0.15, 0.2) is 0 Å². The first-order chi connectivity index (χ1) is 12.8. The molecule has 3 heteroatoms. The first-order valence-corrected chi connectivity index (χ1v) is 9.94. The van der Waals surface area contributed by atoms with Crippen molar-refractivity contribution in [1.29, 1.82) is 0 Å². The van der Waals surface area contributed by atoms with Gasteiger partial charge in [-0.05, 0) is 30.9 Å². The standard InChI is InChI=1S/C23H30N2O/c1-19(24-18-23(12-13-23)21-10-6-3-7-11-21)22(20-8-4-2-5-9-20)25-14-16-26-17-15-25/h2-11,19,22,24H,12-18H2,1H3/t19-,22+/m0/s1. The predicted octanol–water partition coefficient (Wildman–Crippen LogP) is 3.77. The van der Waals surface area contributed by atoms with Gasteiger partial charge in [0.2, 0.25) is 0 Å². The van der Waals surface area contributed by atoms with Crippen molar-refractivity contribution in [2.24, 2.45) is 0 Å². The van der Waals surface area contributed by atoms with Crippen molar-refractivity contribution in [1.82, 2.24) is 10.2 Å². The highest BCUT2D eigenvalue weighted by Crippen LogP contribution is 2.47. The summed E-state index contributed by atoms with van der Waals surface area (Å²) in [6.45, 7) is 7.10. The highest BCUT2D eigenvalue weighted by molar-refractivity contribution is 5.32. The molecule has 1 saturated heterocycles. The van der Waals surface area contributed by atoms with Gasteiger partial charge in [0, 0.05) is 31.1 Å². The van der Waals surface area contributed by atoms with Gasteiger partial charge in [-0.25, -0.2) is 0 Å². The summed E-state index contributed by atoms with van der Waals surface area (Å²) in [5, 5.41) is 3.90. The van der Waals surface area contributed by atoms with Crippen LogP contribution in [-0.2, 0) is 10.2 Å². The molecular formula is C23H30N2O. The van der Waals surface area contributed by atoms with E-state index in [9.17, 15) is 0 Å². The fourth-order valence-electron chi connectivity index (χ4n) is 4.30. The Balaban J connectivity index is 1.47. The van der Waals surface area contributed by atoms with Crippen LogP contribution in [0.2, 0.25) is 0 Å². The minimum Gasteiger partial charge on any atom is -0.379 e. The fraction of sp³-hybridized carbons (Fsp3) is 0.478. The van der Waals surface area contributed by atoms with Gasteiger partial charge < -0.3 is 10.1 Å². The number of hydrogen-bond donors (Lipinski definition) is 1. The average molecular weight is 351 g/mol. The molecule has 1 saturated carbocycles. The smallest absolute Gasteiger partial charge is 0.0594 e. The van der Waals surface area contributed by atoms with Gasteiger partial charge in [-0.2, -0.15) is 0 Å². The second-order valence-electron chi connectivity index (χ2n) is 7.82. The van der Waals surface area contributed by atoms with E-state index >= 15 is 0 Å². The fourth-order valence-corrected chi connectivity index (χ4v) is 4.30. The van der Waals surface area contributed by atoms with Crippen molar-refractivity contribution in [3.8, 4) is 0 Å². The molecule has 4 rings (SSSR count). The number of nitrogens with one attached hydrogen (secondary N) is 1. The molecule has 2 aromatic carbocycles. The monoisotopic (exact) mass is 350 g/mol. The van der Waals surface area contributed by atoms with Gasteiger partial charge in [-0.3, -0.25) is 4.90 Å². The van der Waals surface area contributed by atoms with Crippen molar-refractivity contribution in [2.45, 2.75) is 37.3 Å². The van der Waals surface area contributed by atoms with E-state index in [0.29, 0.717) is 17.5 Å². The maximum atomic E-state index is 5.59. The minimum atomic E-state index is 0.349. The maximum absolute atomic E-state index is 5.59. The molecule has 1 aliphatic heterocycles. The topological polar surface area (TPSA) is 24.5 Å². The van der Waals surface area contributed by atoms with Gasteiger partial charge in [-0.15, -0.1) is 0 Å². The van der Waals surface area contributed by atoms with Crippen LogP contribution in [-0.4, -0.2) is 43.8 Å². The van der Waals surface area contributed by atoms with Crippen LogP contribution in [0.5, 0.6) is 0 Å². The Bertz CT molecular complexity index is 678. The van der Waals surface area contributed by atoms with Crippen LogP contribution in [0.25, 0.3) is 0 Å². The summed E-state index contributed by atoms with van der Waals surface area (Å²) in [5.74, 6) is 0. The highest BCUT2D eigenvalue weighted by atomic mass is 16.5. The van der Waals surface area contributed by atoms with Crippen molar-refractivity contribution < 1.29 is 4.74 Å². The lowest BCUT2D eigenvalue weighted by Crippen LogP contribution is -2.48. The molecule has 0 amide bonds. The molecule has 0 radical (unpaired) electrons. The van der Waals surface area contributed by atoms with Gasteiger partial charge in [0.05, 0.1) is 19.3 Å². The number of benzene rings is 2. The molecule has 0 spiro atoms. The Kier molecular flexibility index (Phi) is 5.39. The first-order valence-electron chi connectivity index (χ1n) is 9.94. The van der Waals surface area contributed by atoms with E-state index in [0.717, 1.165) is 32.8 Å². The Labute approximate surface area is 157 Å².